The van der Waals surface area contributed by atoms with Crippen LogP contribution in [0.5, 0.6) is 0 Å². The quantitative estimate of drug-likeness (QED) is 0.737. The van der Waals surface area contributed by atoms with Crippen LogP contribution in [0.3, 0.4) is 0 Å². The second-order valence-electron chi connectivity index (χ2n) is 8.08. The molecule has 0 radical (unpaired) electrons. The normalized spacial score (nSPS) is 22.4. The average molecular weight is 367 g/mol. The first-order valence-electron chi connectivity index (χ1n) is 10.0. The van der Waals surface area contributed by atoms with Gasteiger partial charge in [0, 0.05) is 43.6 Å². The van der Waals surface area contributed by atoms with Gasteiger partial charge in [-0.25, -0.2) is 9.67 Å². The van der Waals surface area contributed by atoms with Gasteiger partial charge in [0.25, 0.3) is 0 Å². The number of amides is 1. The van der Waals surface area contributed by atoms with Gasteiger partial charge in [-0.05, 0) is 51.4 Å². The molecule has 144 valence electrons. The van der Waals surface area contributed by atoms with Gasteiger partial charge in [-0.3, -0.25) is 4.79 Å². The Morgan fingerprint density at radius 3 is 3.00 bits per heavy atom. The van der Waals surface area contributed by atoms with Gasteiger partial charge < -0.3 is 9.80 Å². The summed E-state index contributed by atoms with van der Waals surface area (Å²) in [5, 5.41) is 6.05. The van der Waals surface area contributed by atoms with Gasteiger partial charge >= 0.3 is 0 Å². The fourth-order valence-corrected chi connectivity index (χ4v) is 4.21. The van der Waals surface area contributed by atoms with Crippen molar-refractivity contribution in [1.82, 2.24) is 24.6 Å². The monoisotopic (exact) mass is 367 g/mol. The molecule has 6 nitrogen and oxygen atoms in total. The van der Waals surface area contributed by atoms with E-state index < -0.39 is 0 Å². The Hall–Kier alpha value is -2.21. The third-order valence-electron chi connectivity index (χ3n) is 5.77. The summed E-state index contributed by atoms with van der Waals surface area (Å²) in [6.07, 6.45) is 10.1. The maximum Gasteiger partial charge on any atom is 0.223 e. The number of likely N-dealkylation sites (N-methyl/N-ethyl adjacent to an activating group) is 1. The summed E-state index contributed by atoms with van der Waals surface area (Å²) < 4.78 is 2.03. The number of fused-ring (bicyclic) bond motifs is 1. The second kappa shape index (κ2) is 7.80. The van der Waals surface area contributed by atoms with Crippen molar-refractivity contribution in [3.05, 3.63) is 36.2 Å². The molecule has 2 aromatic heterocycles. The van der Waals surface area contributed by atoms with Crippen LogP contribution in [-0.2, 0) is 11.3 Å². The Morgan fingerprint density at radius 2 is 2.22 bits per heavy atom. The highest BCUT2D eigenvalue weighted by Gasteiger charge is 2.31. The van der Waals surface area contributed by atoms with Gasteiger partial charge in [-0.2, -0.15) is 5.10 Å². The Kier molecular flexibility index (Phi) is 5.25. The van der Waals surface area contributed by atoms with E-state index in [1.165, 1.54) is 0 Å². The molecule has 0 bridgehead atoms. The van der Waals surface area contributed by atoms with Crippen molar-refractivity contribution in [2.75, 3.05) is 33.7 Å². The number of carbonyl (C=O) groups is 1. The average Bonchev–Trinajstić information content (AvgIpc) is 3.39. The van der Waals surface area contributed by atoms with E-state index >= 15 is 0 Å². The lowest BCUT2D eigenvalue weighted by molar-refractivity contribution is -0.130. The lowest BCUT2D eigenvalue weighted by atomic mass is 10.0. The fraction of sp³-hybridized carbons (Fsp3) is 0.571. The summed E-state index contributed by atoms with van der Waals surface area (Å²) in [5.41, 5.74) is 2.06. The molecule has 0 spiro atoms. The van der Waals surface area contributed by atoms with Crippen molar-refractivity contribution in [3.63, 3.8) is 0 Å². The number of carbonyl (C=O) groups excluding carboxylic acids is 1. The smallest absolute Gasteiger partial charge is 0.223 e. The predicted octanol–water partition coefficient (Wildman–Crippen LogP) is 2.67. The summed E-state index contributed by atoms with van der Waals surface area (Å²) in [7, 11) is 4.14. The first-order chi connectivity index (χ1) is 13.1. The third kappa shape index (κ3) is 3.90. The SMILES string of the molecule is CN(C)CCn1nc([C@H]2CCN(C(=O)C[C@@H]3C=CCC3)C2)c2cccnc21. The molecule has 0 aromatic carbocycles. The summed E-state index contributed by atoms with van der Waals surface area (Å²) in [4.78, 5) is 21.4. The highest BCUT2D eigenvalue weighted by atomic mass is 16.2. The number of hydrogen-bond donors (Lipinski definition) is 0. The van der Waals surface area contributed by atoms with Crippen molar-refractivity contribution in [2.45, 2.75) is 38.1 Å². The molecule has 1 fully saturated rings. The molecule has 0 saturated carbocycles. The van der Waals surface area contributed by atoms with Crippen LogP contribution in [0.25, 0.3) is 11.0 Å². The Morgan fingerprint density at radius 1 is 1.33 bits per heavy atom. The van der Waals surface area contributed by atoms with Gasteiger partial charge in [0.15, 0.2) is 5.65 Å². The van der Waals surface area contributed by atoms with Crippen LogP contribution >= 0.6 is 0 Å². The molecular weight excluding hydrogens is 338 g/mol. The molecule has 2 aliphatic rings. The molecule has 4 rings (SSSR count). The zero-order valence-corrected chi connectivity index (χ0v) is 16.3. The zero-order valence-electron chi connectivity index (χ0n) is 16.3. The molecular formula is C21H29N5O. The fourth-order valence-electron chi connectivity index (χ4n) is 4.21. The predicted molar refractivity (Wildman–Crippen MR) is 107 cm³/mol. The lowest BCUT2D eigenvalue weighted by Crippen LogP contribution is -2.29. The highest BCUT2D eigenvalue weighted by molar-refractivity contribution is 5.80. The third-order valence-corrected chi connectivity index (χ3v) is 5.77. The summed E-state index contributed by atoms with van der Waals surface area (Å²) in [6.45, 7) is 3.37. The van der Waals surface area contributed by atoms with E-state index in [1.54, 1.807) is 0 Å². The standard InChI is InChI=1S/C21H29N5O/c1-24(2)12-13-26-21-18(8-5-10-22-21)20(23-26)17-9-11-25(15-17)19(27)14-16-6-3-4-7-16/h3,5-6,8,10,16-17H,4,7,9,11-15H2,1-2H3/t16-,17+/m1/s1. The number of allylic oxidation sites excluding steroid dienone is 2. The van der Waals surface area contributed by atoms with Gasteiger partial charge in [0.05, 0.1) is 12.2 Å². The Bertz CT molecular complexity index is 840. The Labute approximate surface area is 160 Å². The summed E-state index contributed by atoms with van der Waals surface area (Å²) in [6, 6.07) is 4.10. The van der Waals surface area contributed by atoms with Crippen LogP contribution in [-0.4, -0.2) is 64.2 Å². The largest absolute Gasteiger partial charge is 0.342 e. The first-order valence-corrected chi connectivity index (χ1v) is 10.0. The van der Waals surface area contributed by atoms with E-state index in [9.17, 15) is 4.79 Å². The van der Waals surface area contributed by atoms with Gasteiger partial charge in [-0.15, -0.1) is 0 Å². The molecule has 3 heterocycles. The lowest BCUT2D eigenvalue weighted by Gasteiger charge is -2.18. The van der Waals surface area contributed by atoms with Crippen molar-refractivity contribution in [2.24, 2.45) is 5.92 Å². The van der Waals surface area contributed by atoms with E-state index in [0.717, 1.165) is 62.2 Å². The summed E-state index contributed by atoms with van der Waals surface area (Å²) >= 11 is 0. The first kappa shape index (κ1) is 18.2. The van der Waals surface area contributed by atoms with Gasteiger partial charge in [0.2, 0.25) is 5.91 Å². The zero-order chi connectivity index (χ0) is 18.8. The number of hydrogen-bond acceptors (Lipinski definition) is 4. The van der Waals surface area contributed by atoms with Crippen LogP contribution in [0.1, 0.15) is 37.3 Å². The van der Waals surface area contributed by atoms with Crippen LogP contribution in [0.15, 0.2) is 30.5 Å². The van der Waals surface area contributed by atoms with E-state index in [2.05, 4.69) is 42.2 Å². The van der Waals surface area contributed by atoms with E-state index in [1.807, 2.05) is 21.8 Å². The second-order valence-corrected chi connectivity index (χ2v) is 8.08. The molecule has 1 aliphatic carbocycles. The van der Waals surface area contributed by atoms with Crippen LogP contribution < -0.4 is 0 Å². The van der Waals surface area contributed by atoms with Gasteiger partial charge in [0.1, 0.15) is 0 Å². The van der Waals surface area contributed by atoms with Crippen LogP contribution in [0.2, 0.25) is 0 Å². The number of rotatable bonds is 6. The molecule has 0 N–H and O–H groups in total. The van der Waals surface area contributed by atoms with Crippen molar-refractivity contribution >= 4 is 16.9 Å². The van der Waals surface area contributed by atoms with Gasteiger partial charge in [-0.1, -0.05) is 12.2 Å². The molecule has 27 heavy (non-hydrogen) atoms. The maximum absolute atomic E-state index is 12.7. The van der Waals surface area contributed by atoms with E-state index in [4.69, 9.17) is 5.10 Å². The molecule has 1 aliphatic heterocycles. The highest BCUT2D eigenvalue weighted by Crippen LogP contribution is 2.32. The molecule has 2 aromatic rings. The minimum atomic E-state index is 0.295. The molecule has 0 unspecified atom stereocenters. The van der Waals surface area contributed by atoms with E-state index in [-0.39, 0.29) is 0 Å². The van der Waals surface area contributed by atoms with E-state index in [0.29, 0.717) is 24.2 Å². The number of pyridine rings is 1. The van der Waals surface area contributed by atoms with Crippen LogP contribution in [0, 0.1) is 5.92 Å². The minimum Gasteiger partial charge on any atom is -0.342 e. The van der Waals surface area contributed by atoms with Crippen LogP contribution in [0.4, 0.5) is 0 Å². The maximum atomic E-state index is 12.7. The Balaban J connectivity index is 1.49. The molecule has 1 saturated heterocycles. The van der Waals surface area contributed by atoms with Crippen molar-refractivity contribution in [1.29, 1.82) is 0 Å². The van der Waals surface area contributed by atoms with Crippen molar-refractivity contribution in [3.8, 4) is 0 Å². The number of likely N-dealkylation sites (tertiary alicyclic amines) is 1. The topological polar surface area (TPSA) is 54.3 Å². The number of aromatic nitrogens is 3. The molecule has 6 heteroatoms. The number of nitrogens with zero attached hydrogens (tertiary/aromatic N) is 5. The summed E-state index contributed by atoms with van der Waals surface area (Å²) in [5.74, 6) is 1.04. The van der Waals surface area contributed by atoms with Crippen molar-refractivity contribution < 1.29 is 4.79 Å². The molecule has 1 amide bonds. The molecule has 2 atom stereocenters. The minimum absolute atomic E-state index is 0.295.